The normalized spacial score (nSPS) is 15.8. The molecular formula is C19H29O4P. The van der Waals surface area contributed by atoms with Gasteiger partial charge in [-0.15, -0.1) is 0 Å². The van der Waals surface area contributed by atoms with Gasteiger partial charge in [-0.2, -0.15) is 0 Å². The van der Waals surface area contributed by atoms with Gasteiger partial charge in [-0.1, -0.05) is 39.0 Å². The topological polar surface area (TPSA) is 44.8 Å². The molecule has 4 nitrogen and oxygen atoms in total. The molecule has 1 fully saturated rings. The van der Waals surface area contributed by atoms with Crippen LogP contribution in [0.1, 0.15) is 70.4 Å². The van der Waals surface area contributed by atoms with E-state index >= 15 is 0 Å². The van der Waals surface area contributed by atoms with E-state index in [9.17, 15) is 4.79 Å². The maximum Gasteiger partial charge on any atom is 0.389 e. The number of para-hydroxylation sites is 1. The summed E-state index contributed by atoms with van der Waals surface area (Å²) in [5.74, 6) is 2.09. The Morgan fingerprint density at radius 1 is 1.12 bits per heavy atom. The van der Waals surface area contributed by atoms with Crippen molar-refractivity contribution in [1.29, 1.82) is 0 Å². The van der Waals surface area contributed by atoms with E-state index < -0.39 is 14.1 Å². The first-order chi connectivity index (χ1) is 11.5. The van der Waals surface area contributed by atoms with Gasteiger partial charge in [0, 0.05) is 0 Å². The molecule has 0 N–H and O–H groups in total. The summed E-state index contributed by atoms with van der Waals surface area (Å²) in [5, 5.41) is 0. The van der Waals surface area contributed by atoms with Crippen molar-refractivity contribution in [3.63, 3.8) is 0 Å². The second kappa shape index (κ2) is 8.94. The highest BCUT2D eigenvalue weighted by Crippen LogP contribution is 2.48. The molecule has 0 aromatic heterocycles. The summed E-state index contributed by atoms with van der Waals surface area (Å²) in [6, 6.07) is 6.19. The third-order valence-corrected chi connectivity index (χ3v) is 5.72. The van der Waals surface area contributed by atoms with Crippen LogP contribution in [-0.2, 0) is 9.05 Å². The summed E-state index contributed by atoms with van der Waals surface area (Å²) in [4.78, 5) is 12.6. The lowest BCUT2D eigenvalue weighted by molar-refractivity contribution is 0.205. The molecule has 1 aromatic rings. The summed E-state index contributed by atoms with van der Waals surface area (Å²) in [7, 11) is -1.67. The van der Waals surface area contributed by atoms with Gasteiger partial charge < -0.3 is 13.8 Å². The van der Waals surface area contributed by atoms with Gasteiger partial charge in [0.1, 0.15) is 5.75 Å². The van der Waals surface area contributed by atoms with Gasteiger partial charge in [0.05, 0.1) is 13.2 Å². The van der Waals surface area contributed by atoms with E-state index in [4.69, 9.17) is 13.8 Å². The van der Waals surface area contributed by atoms with Crippen LogP contribution in [0.3, 0.4) is 0 Å². The Morgan fingerprint density at radius 3 is 2.21 bits per heavy atom. The second-order valence-electron chi connectivity index (χ2n) is 6.51. The van der Waals surface area contributed by atoms with Crippen LogP contribution in [0.15, 0.2) is 18.2 Å². The number of benzene rings is 1. The van der Waals surface area contributed by atoms with Crippen LogP contribution < -0.4 is 4.74 Å². The molecule has 0 aliphatic heterocycles. The Balaban J connectivity index is 2.30. The second-order valence-corrected chi connectivity index (χ2v) is 7.90. The number of carbonyl (C=O) groups is 1. The maximum atomic E-state index is 12.6. The first-order valence-corrected chi connectivity index (χ1v) is 10.1. The Kier molecular flexibility index (Phi) is 7.21. The zero-order chi connectivity index (χ0) is 17.7. The molecule has 24 heavy (non-hydrogen) atoms. The minimum atomic E-state index is -1.67. The summed E-state index contributed by atoms with van der Waals surface area (Å²) >= 11 is 0. The van der Waals surface area contributed by atoms with Crippen molar-refractivity contribution in [2.75, 3.05) is 13.2 Å². The predicted octanol–water partition coefficient (Wildman–Crippen LogP) is 6.21. The van der Waals surface area contributed by atoms with Gasteiger partial charge in [-0.3, -0.25) is 0 Å². The molecule has 0 bridgehead atoms. The van der Waals surface area contributed by atoms with Crippen molar-refractivity contribution in [2.24, 2.45) is 5.92 Å². The van der Waals surface area contributed by atoms with Crippen LogP contribution in [0.5, 0.6) is 5.75 Å². The minimum absolute atomic E-state index is 0.282. The largest absolute Gasteiger partial charge is 0.419 e. The quantitative estimate of drug-likeness (QED) is 0.496. The van der Waals surface area contributed by atoms with Crippen LogP contribution >= 0.6 is 8.38 Å². The molecular weight excluding hydrogens is 323 g/mol. The van der Waals surface area contributed by atoms with E-state index in [1.807, 2.05) is 19.9 Å². The van der Waals surface area contributed by atoms with Gasteiger partial charge in [0.25, 0.3) is 8.38 Å². The summed E-state index contributed by atoms with van der Waals surface area (Å²) < 4.78 is 16.7. The Hall–Kier alpha value is -0.960. The molecule has 1 aliphatic carbocycles. The smallest absolute Gasteiger partial charge is 0.389 e. The average Bonchev–Trinajstić information content (AvgIpc) is 3.38. The molecule has 5 heteroatoms. The molecule has 1 aliphatic rings. The van der Waals surface area contributed by atoms with Gasteiger partial charge >= 0.3 is 5.71 Å². The Bertz CT molecular complexity index is 548. The lowest BCUT2D eigenvalue weighted by atomic mass is 9.90. The molecule has 1 atom stereocenters. The zero-order valence-corrected chi connectivity index (χ0v) is 16.3. The van der Waals surface area contributed by atoms with E-state index in [-0.39, 0.29) is 5.92 Å². The van der Waals surface area contributed by atoms with Crippen LogP contribution in [-0.4, -0.2) is 18.9 Å². The molecule has 0 radical (unpaired) electrons. The van der Waals surface area contributed by atoms with Gasteiger partial charge in [-0.05, 0) is 55.6 Å². The van der Waals surface area contributed by atoms with Gasteiger partial charge in [0.2, 0.25) is 0 Å². The van der Waals surface area contributed by atoms with E-state index in [1.165, 1.54) is 12.8 Å². The number of hydrogen-bond donors (Lipinski definition) is 0. The number of rotatable bonds is 9. The van der Waals surface area contributed by atoms with Crippen LogP contribution in [0, 0.1) is 5.92 Å². The third-order valence-electron chi connectivity index (χ3n) is 4.35. The molecule has 134 valence electrons. The van der Waals surface area contributed by atoms with Crippen molar-refractivity contribution in [3.05, 3.63) is 29.3 Å². The number of hydrogen-bond acceptors (Lipinski definition) is 4. The zero-order valence-electron chi connectivity index (χ0n) is 15.4. The Morgan fingerprint density at radius 2 is 1.71 bits per heavy atom. The van der Waals surface area contributed by atoms with E-state index in [2.05, 4.69) is 32.9 Å². The fourth-order valence-corrected chi connectivity index (χ4v) is 3.78. The molecule has 1 aromatic carbocycles. The van der Waals surface area contributed by atoms with E-state index in [0.29, 0.717) is 30.8 Å². The van der Waals surface area contributed by atoms with Crippen LogP contribution in [0.4, 0.5) is 4.79 Å². The summed E-state index contributed by atoms with van der Waals surface area (Å²) in [6.07, 6.45) is 2.51. The first-order valence-electron chi connectivity index (χ1n) is 8.90. The highest BCUT2D eigenvalue weighted by atomic mass is 31.2. The van der Waals surface area contributed by atoms with Crippen molar-refractivity contribution in [1.82, 2.24) is 0 Å². The SMILES string of the molecule is CCOP(OCC)C(=O)Oc1c(C(C)C)cccc1C(C)C1CC1. The lowest BCUT2D eigenvalue weighted by Crippen LogP contribution is -2.12. The van der Waals surface area contributed by atoms with Crippen molar-refractivity contribution in [3.8, 4) is 5.75 Å². The predicted molar refractivity (Wildman–Crippen MR) is 97.9 cm³/mol. The maximum absolute atomic E-state index is 12.6. The molecule has 0 saturated heterocycles. The van der Waals surface area contributed by atoms with E-state index in [1.54, 1.807) is 0 Å². The van der Waals surface area contributed by atoms with Crippen molar-refractivity contribution < 1.29 is 18.6 Å². The van der Waals surface area contributed by atoms with Gasteiger partial charge in [0.15, 0.2) is 0 Å². The summed E-state index contributed by atoms with van der Waals surface area (Å²) in [6.45, 7) is 11.0. The standard InChI is InChI=1S/C19H29O4P/c1-6-21-24(22-7-2)19(20)23-18-16(13(3)4)9-8-10-17(18)14(5)15-11-12-15/h8-10,13-15H,6-7,11-12H2,1-5H3. The molecule has 1 saturated carbocycles. The van der Waals surface area contributed by atoms with Crippen LogP contribution in [0.25, 0.3) is 0 Å². The lowest BCUT2D eigenvalue weighted by Gasteiger charge is -2.22. The average molecular weight is 352 g/mol. The monoisotopic (exact) mass is 352 g/mol. The highest BCUT2D eigenvalue weighted by Gasteiger charge is 2.33. The molecule has 1 unspecified atom stereocenters. The van der Waals surface area contributed by atoms with E-state index in [0.717, 1.165) is 11.1 Å². The molecule has 0 amide bonds. The van der Waals surface area contributed by atoms with Crippen molar-refractivity contribution in [2.45, 2.75) is 59.3 Å². The molecule has 0 spiro atoms. The van der Waals surface area contributed by atoms with Crippen molar-refractivity contribution >= 4 is 14.1 Å². The molecule has 0 heterocycles. The number of ether oxygens (including phenoxy) is 1. The fourth-order valence-electron chi connectivity index (χ4n) is 2.86. The molecule has 2 rings (SSSR count). The summed E-state index contributed by atoms with van der Waals surface area (Å²) in [5.41, 5.74) is 1.78. The fraction of sp³-hybridized carbons (Fsp3) is 0.632. The number of carbonyl (C=O) groups excluding carboxylic acids is 1. The van der Waals surface area contributed by atoms with Gasteiger partial charge in [-0.25, -0.2) is 4.79 Å². The van der Waals surface area contributed by atoms with Crippen LogP contribution in [0.2, 0.25) is 0 Å². The highest BCUT2D eigenvalue weighted by molar-refractivity contribution is 7.65. The first kappa shape index (κ1) is 19.4. The Labute approximate surface area is 146 Å². The third kappa shape index (κ3) is 4.78. The minimum Gasteiger partial charge on any atom is -0.419 e.